The van der Waals surface area contributed by atoms with Crippen LogP contribution in [0.4, 0.5) is 26.3 Å². The van der Waals surface area contributed by atoms with Crippen molar-refractivity contribution in [2.75, 3.05) is 0 Å². The van der Waals surface area contributed by atoms with Gasteiger partial charge in [-0.1, -0.05) is 0 Å². The maximum Gasteiger partial charge on any atom is 0.416 e. The molecule has 0 fully saturated rings. The van der Waals surface area contributed by atoms with Crippen LogP contribution in [-0.2, 0) is 12.4 Å². The van der Waals surface area contributed by atoms with Gasteiger partial charge >= 0.3 is 12.4 Å². The normalized spacial score (nSPS) is 14.3. The average Bonchev–Trinajstić information content (AvgIpc) is 2.24. The predicted molar refractivity (Wildman–Crippen MR) is 54.4 cm³/mol. The molecule has 0 bridgehead atoms. The fraction of sp³-hybridized carbons (Fsp3) is 0.364. The van der Waals surface area contributed by atoms with Gasteiger partial charge in [0.1, 0.15) is 0 Å². The molecule has 0 amide bonds. The summed E-state index contributed by atoms with van der Waals surface area (Å²) in [5, 5.41) is 0. The van der Waals surface area contributed by atoms with Crippen molar-refractivity contribution in [2.24, 2.45) is 5.73 Å². The molecule has 2 nitrogen and oxygen atoms in total. The van der Waals surface area contributed by atoms with Crippen molar-refractivity contribution >= 4 is 5.78 Å². The van der Waals surface area contributed by atoms with Crippen molar-refractivity contribution in [2.45, 2.75) is 25.3 Å². The van der Waals surface area contributed by atoms with Crippen LogP contribution < -0.4 is 5.73 Å². The van der Waals surface area contributed by atoms with Gasteiger partial charge in [0.2, 0.25) is 0 Å². The molecule has 106 valence electrons. The summed E-state index contributed by atoms with van der Waals surface area (Å²) < 4.78 is 74.9. The molecule has 0 aliphatic rings. The quantitative estimate of drug-likeness (QED) is 0.669. The number of benzene rings is 1. The number of Topliss-reactive ketones (excluding diaryl/α,β-unsaturated/α-hetero) is 1. The first kappa shape index (κ1) is 15.5. The Kier molecular flexibility index (Phi) is 3.94. The molecular formula is C11H9F6NO. The van der Waals surface area contributed by atoms with Crippen LogP contribution >= 0.6 is 0 Å². The Balaban J connectivity index is 3.46. The number of rotatable bonds is 2. The van der Waals surface area contributed by atoms with E-state index < -0.39 is 40.9 Å². The van der Waals surface area contributed by atoms with E-state index in [0.29, 0.717) is 12.1 Å². The van der Waals surface area contributed by atoms with Crippen LogP contribution in [0.2, 0.25) is 0 Å². The van der Waals surface area contributed by atoms with Crippen LogP contribution in [0.1, 0.15) is 28.4 Å². The number of nitrogens with two attached hydrogens (primary N) is 1. The predicted octanol–water partition coefficient (Wildman–Crippen LogP) is 3.25. The summed E-state index contributed by atoms with van der Waals surface area (Å²) in [6, 6.07) is -0.510. The van der Waals surface area contributed by atoms with E-state index in [2.05, 4.69) is 0 Å². The number of hydrogen-bond donors (Lipinski definition) is 1. The van der Waals surface area contributed by atoms with E-state index in [-0.39, 0.29) is 6.07 Å². The topological polar surface area (TPSA) is 43.1 Å². The Hall–Kier alpha value is -1.57. The second kappa shape index (κ2) is 4.84. The Morgan fingerprint density at radius 2 is 1.37 bits per heavy atom. The van der Waals surface area contributed by atoms with Gasteiger partial charge in [0.15, 0.2) is 5.78 Å². The number of alkyl halides is 6. The van der Waals surface area contributed by atoms with Crippen LogP contribution in [-0.4, -0.2) is 11.8 Å². The highest BCUT2D eigenvalue weighted by molar-refractivity contribution is 6.00. The molecule has 0 saturated heterocycles. The number of carbonyl (C=O) groups is 1. The smallest absolute Gasteiger partial charge is 0.321 e. The first-order chi connectivity index (χ1) is 8.43. The van der Waals surface area contributed by atoms with Gasteiger partial charge in [0.25, 0.3) is 0 Å². The molecule has 0 aliphatic carbocycles. The maximum atomic E-state index is 12.5. The summed E-state index contributed by atoms with van der Waals surface area (Å²) in [4.78, 5) is 11.4. The molecule has 1 atom stereocenters. The number of hydrogen-bond acceptors (Lipinski definition) is 2. The third kappa shape index (κ3) is 3.69. The van der Waals surface area contributed by atoms with E-state index in [9.17, 15) is 31.1 Å². The van der Waals surface area contributed by atoms with E-state index in [1.54, 1.807) is 0 Å². The fourth-order valence-electron chi connectivity index (χ4n) is 1.36. The average molecular weight is 285 g/mol. The SMILES string of the molecule is CC(N)C(=O)c1cc(C(F)(F)F)cc(C(F)(F)F)c1. The molecule has 1 aromatic carbocycles. The van der Waals surface area contributed by atoms with Gasteiger partial charge in [0, 0.05) is 5.56 Å². The lowest BCUT2D eigenvalue weighted by Crippen LogP contribution is -2.27. The molecule has 1 aromatic rings. The summed E-state index contributed by atoms with van der Waals surface area (Å²) in [5.74, 6) is -0.989. The second-order valence-corrected chi connectivity index (χ2v) is 3.95. The molecule has 0 radical (unpaired) electrons. The van der Waals surface area contributed by atoms with Crippen molar-refractivity contribution in [3.63, 3.8) is 0 Å². The Morgan fingerprint density at radius 3 is 1.63 bits per heavy atom. The molecule has 0 heterocycles. The minimum Gasteiger partial charge on any atom is -0.321 e. The molecule has 0 aliphatic heterocycles. The van der Waals surface area contributed by atoms with Crippen molar-refractivity contribution < 1.29 is 31.1 Å². The molecular weight excluding hydrogens is 276 g/mol. The molecule has 1 rings (SSSR count). The monoisotopic (exact) mass is 285 g/mol. The molecule has 2 N–H and O–H groups in total. The van der Waals surface area contributed by atoms with E-state index in [0.717, 1.165) is 0 Å². The summed E-state index contributed by atoms with van der Waals surface area (Å²) in [7, 11) is 0. The minimum atomic E-state index is -4.98. The van der Waals surface area contributed by atoms with Crippen molar-refractivity contribution in [3.05, 3.63) is 34.9 Å². The lowest BCUT2D eigenvalue weighted by atomic mass is 9.99. The molecule has 0 aromatic heterocycles. The van der Waals surface area contributed by atoms with Crippen LogP contribution in [0.5, 0.6) is 0 Å². The highest BCUT2D eigenvalue weighted by Gasteiger charge is 2.37. The van der Waals surface area contributed by atoms with Crippen molar-refractivity contribution in [3.8, 4) is 0 Å². The number of ketones is 1. The van der Waals surface area contributed by atoms with Gasteiger partial charge < -0.3 is 5.73 Å². The highest BCUT2D eigenvalue weighted by atomic mass is 19.4. The van der Waals surface area contributed by atoms with Gasteiger partial charge in [-0.15, -0.1) is 0 Å². The van der Waals surface area contributed by atoms with Crippen molar-refractivity contribution in [1.82, 2.24) is 0 Å². The summed E-state index contributed by atoms with van der Waals surface area (Å²) in [5.41, 5.74) is 1.39. The number of carbonyl (C=O) groups excluding carboxylic acids is 1. The van der Waals surface area contributed by atoms with E-state index >= 15 is 0 Å². The zero-order valence-electron chi connectivity index (χ0n) is 9.56. The van der Waals surface area contributed by atoms with Crippen LogP contribution in [0, 0.1) is 0 Å². The van der Waals surface area contributed by atoms with Gasteiger partial charge in [-0.2, -0.15) is 26.3 Å². The lowest BCUT2D eigenvalue weighted by Gasteiger charge is -2.14. The fourth-order valence-corrected chi connectivity index (χ4v) is 1.36. The summed E-state index contributed by atoms with van der Waals surface area (Å²) in [6.45, 7) is 1.18. The van der Waals surface area contributed by atoms with Gasteiger partial charge in [-0.3, -0.25) is 4.79 Å². The molecule has 0 spiro atoms. The largest absolute Gasteiger partial charge is 0.416 e. The van der Waals surface area contributed by atoms with Gasteiger partial charge in [-0.25, -0.2) is 0 Å². The van der Waals surface area contributed by atoms with Gasteiger partial charge in [0.05, 0.1) is 17.2 Å². The summed E-state index contributed by atoms with van der Waals surface area (Å²) >= 11 is 0. The molecule has 8 heteroatoms. The van der Waals surface area contributed by atoms with Crippen LogP contribution in [0.3, 0.4) is 0 Å². The number of halogens is 6. The Labute approximate surface area is 104 Å². The maximum absolute atomic E-state index is 12.5. The van der Waals surface area contributed by atoms with Crippen molar-refractivity contribution in [1.29, 1.82) is 0 Å². The first-order valence-electron chi connectivity index (χ1n) is 5.02. The molecule has 0 saturated carbocycles. The minimum absolute atomic E-state index is 0.0437. The van der Waals surface area contributed by atoms with E-state index in [1.165, 1.54) is 6.92 Å². The Bertz CT molecular complexity index is 457. The zero-order valence-corrected chi connectivity index (χ0v) is 9.56. The third-order valence-corrected chi connectivity index (χ3v) is 2.29. The standard InChI is InChI=1S/C11H9F6NO/c1-5(18)9(19)6-2-7(10(12,13)14)4-8(3-6)11(15,16)17/h2-5H,18H2,1H3. The van der Waals surface area contributed by atoms with Gasteiger partial charge in [-0.05, 0) is 25.1 Å². The lowest BCUT2D eigenvalue weighted by molar-refractivity contribution is -0.143. The Morgan fingerprint density at radius 1 is 1.00 bits per heavy atom. The summed E-state index contributed by atoms with van der Waals surface area (Å²) in [6.07, 6.45) is -9.96. The second-order valence-electron chi connectivity index (χ2n) is 3.95. The first-order valence-corrected chi connectivity index (χ1v) is 5.02. The third-order valence-electron chi connectivity index (χ3n) is 2.29. The highest BCUT2D eigenvalue weighted by Crippen LogP contribution is 2.36. The van der Waals surface area contributed by atoms with E-state index in [1.807, 2.05) is 0 Å². The molecule has 19 heavy (non-hydrogen) atoms. The zero-order chi connectivity index (χ0) is 15.0. The van der Waals surface area contributed by atoms with Crippen LogP contribution in [0.25, 0.3) is 0 Å². The van der Waals surface area contributed by atoms with E-state index in [4.69, 9.17) is 5.73 Å². The van der Waals surface area contributed by atoms with Crippen LogP contribution in [0.15, 0.2) is 18.2 Å². The molecule has 1 unspecified atom stereocenters.